The van der Waals surface area contributed by atoms with E-state index < -0.39 is 17.8 Å². The number of allylic oxidation sites excluding steroid dienone is 1. The van der Waals surface area contributed by atoms with E-state index in [-0.39, 0.29) is 13.0 Å². The van der Waals surface area contributed by atoms with Gasteiger partial charge in [-0.3, -0.25) is 4.79 Å². The molecule has 122 valence electrons. The number of nitriles is 2. The van der Waals surface area contributed by atoms with Crippen molar-refractivity contribution in [3.05, 3.63) is 46.5 Å². The zero-order chi connectivity index (χ0) is 17.5. The number of hydrogen-bond acceptors (Lipinski definition) is 6. The largest absolute Gasteiger partial charge is 0.464 e. The van der Waals surface area contributed by atoms with Gasteiger partial charge in [0.15, 0.2) is 0 Å². The van der Waals surface area contributed by atoms with Gasteiger partial charge in [-0.15, -0.1) is 11.8 Å². The minimum atomic E-state index is -0.656. The van der Waals surface area contributed by atoms with Crippen molar-refractivity contribution in [3.63, 3.8) is 0 Å². The molecule has 0 N–H and O–H groups in total. The summed E-state index contributed by atoms with van der Waals surface area (Å²) in [5.74, 6) is -1.53. The van der Waals surface area contributed by atoms with Crippen LogP contribution in [0.5, 0.6) is 0 Å². The molecule has 0 fully saturated rings. The second-order valence-corrected chi connectivity index (χ2v) is 6.02. The number of hydrogen-bond donors (Lipinski definition) is 0. The molecule has 1 aromatic rings. The lowest BCUT2D eigenvalue weighted by molar-refractivity contribution is -0.146. The number of rotatable bonds is 5. The van der Waals surface area contributed by atoms with Gasteiger partial charge in [-0.2, -0.15) is 10.5 Å². The first-order chi connectivity index (χ1) is 11.6. The van der Waals surface area contributed by atoms with Crippen LogP contribution in [-0.4, -0.2) is 24.5 Å². The maximum atomic E-state index is 12.6. The molecule has 0 saturated heterocycles. The average molecular weight is 339 g/mol. The number of carbonyl (C=O) groups excluding carboxylic acids is 1. The molecule has 2 atom stereocenters. The fourth-order valence-corrected chi connectivity index (χ4v) is 3.34. The van der Waals surface area contributed by atoms with Gasteiger partial charge in [0.2, 0.25) is 0 Å². The van der Waals surface area contributed by atoms with E-state index in [0.717, 1.165) is 5.56 Å². The first-order valence-corrected chi connectivity index (χ1v) is 8.68. The Morgan fingerprint density at radius 2 is 2.04 bits per heavy atom. The molecule has 0 bridgehead atoms. The molecular formula is C18H17N3O2S. The van der Waals surface area contributed by atoms with Crippen LogP contribution in [0, 0.1) is 28.6 Å². The second-order valence-electron chi connectivity index (χ2n) is 5.23. The van der Waals surface area contributed by atoms with Crippen molar-refractivity contribution in [1.29, 1.82) is 10.5 Å². The molecule has 0 aromatic heterocycles. The van der Waals surface area contributed by atoms with E-state index in [4.69, 9.17) is 10.00 Å². The quantitative estimate of drug-likeness (QED) is 0.606. The lowest BCUT2D eigenvalue weighted by Crippen LogP contribution is -2.34. The Hall–Kier alpha value is -2.57. The maximum absolute atomic E-state index is 12.6. The summed E-state index contributed by atoms with van der Waals surface area (Å²) in [6.07, 6.45) is 2.00. The number of esters is 1. The minimum Gasteiger partial charge on any atom is -0.464 e. The Kier molecular flexibility index (Phi) is 6.17. The van der Waals surface area contributed by atoms with Crippen LogP contribution in [0.25, 0.3) is 0 Å². The van der Waals surface area contributed by atoms with Crippen LogP contribution in [0.15, 0.2) is 45.9 Å². The van der Waals surface area contributed by atoms with Crippen molar-refractivity contribution in [2.24, 2.45) is 10.9 Å². The molecule has 6 heteroatoms. The van der Waals surface area contributed by atoms with Gasteiger partial charge < -0.3 is 4.74 Å². The third-order valence-corrected chi connectivity index (χ3v) is 4.49. The van der Waals surface area contributed by atoms with E-state index in [2.05, 4.69) is 11.1 Å². The third kappa shape index (κ3) is 3.67. The number of benzene rings is 1. The van der Waals surface area contributed by atoms with Crippen LogP contribution in [0.4, 0.5) is 0 Å². The molecule has 1 unspecified atom stereocenters. The maximum Gasteiger partial charge on any atom is 0.315 e. The van der Waals surface area contributed by atoms with Crippen LogP contribution in [0.1, 0.15) is 24.8 Å². The van der Waals surface area contributed by atoms with E-state index in [1.165, 1.54) is 11.8 Å². The lowest BCUT2D eigenvalue weighted by atomic mass is 9.77. The molecule has 0 amide bonds. The summed E-state index contributed by atoms with van der Waals surface area (Å²) >= 11 is 1.39. The van der Waals surface area contributed by atoms with Gasteiger partial charge in [0.05, 0.1) is 24.1 Å². The van der Waals surface area contributed by atoms with Crippen LogP contribution in [-0.2, 0) is 9.53 Å². The van der Waals surface area contributed by atoms with E-state index in [1.807, 2.05) is 42.7 Å². The summed E-state index contributed by atoms with van der Waals surface area (Å²) < 4.78 is 5.22. The molecule has 0 saturated carbocycles. The average Bonchev–Trinajstić information content (AvgIpc) is 2.61. The molecule has 1 heterocycles. The second kappa shape index (κ2) is 8.33. The van der Waals surface area contributed by atoms with Crippen molar-refractivity contribution in [1.82, 2.24) is 0 Å². The molecule has 24 heavy (non-hydrogen) atoms. The Balaban J connectivity index is 2.46. The van der Waals surface area contributed by atoms with Gasteiger partial charge in [-0.25, -0.2) is 4.99 Å². The molecule has 5 nitrogen and oxygen atoms in total. The Morgan fingerprint density at radius 1 is 1.33 bits per heavy atom. The van der Waals surface area contributed by atoms with Crippen LogP contribution >= 0.6 is 11.8 Å². The van der Waals surface area contributed by atoms with Gasteiger partial charge in [-0.05, 0) is 18.7 Å². The fourth-order valence-electron chi connectivity index (χ4n) is 2.72. The summed E-state index contributed by atoms with van der Waals surface area (Å²) in [6, 6.07) is 13.6. The SMILES string of the molecule is CSC1=C(C#N)[C@@H](c2ccccc2)C(C(=O)OCCC#N)C(C)=N1. The summed E-state index contributed by atoms with van der Waals surface area (Å²) in [5, 5.41) is 18.9. The van der Waals surface area contributed by atoms with E-state index in [9.17, 15) is 10.1 Å². The summed E-state index contributed by atoms with van der Waals surface area (Å²) in [4.78, 5) is 17.0. The number of aliphatic imine (C=N–C) groups is 1. The summed E-state index contributed by atoms with van der Waals surface area (Å²) in [7, 11) is 0. The Morgan fingerprint density at radius 3 is 2.62 bits per heavy atom. The molecule has 2 rings (SSSR count). The first-order valence-electron chi connectivity index (χ1n) is 7.46. The van der Waals surface area contributed by atoms with Crippen molar-refractivity contribution in [2.45, 2.75) is 19.3 Å². The molecule has 0 spiro atoms. The van der Waals surface area contributed by atoms with Gasteiger partial charge in [-0.1, -0.05) is 30.3 Å². The molecule has 0 aliphatic carbocycles. The van der Waals surface area contributed by atoms with Crippen molar-refractivity contribution in [2.75, 3.05) is 12.9 Å². The molecule has 1 aliphatic rings. The molecule has 1 aliphatic heterocycles. The van der Waals surface area contributed by atoms with Crippen molar-refractivity contribution < 1.29 is 9.53 Å². The first kappa shape index (κ1) is 17.8. The lowest BCUT2D eigenvalue weighted by Gasteiger charge is -2.30. The number of ether oxygens (including phenoxy) is 1. The smallest absolute Gasteiger partial charge is 0.315 e. The highest BCUT2D eigenvalue weighted by atomic mass is 32.2. The Bertz CT molecular complexity index is 757. The predicted octanol–water partition coefficient (Wildman–Crippen LogP) is 3.42. The Labute approximate surface area is 145 Å². The zero-order valence-corrected chi connectivity index (χ0v) is 14.3. The van der Waals surface area contributed by atoms with Crippen molar-refractivity contribution in [3.8, 4) is 12.1 Å². The molecular weight excluding hydrogens is 322 g/mol. The number of carbonyl (C=O) groups is 1. The van der Waals surface area contributed by atoms with Crippen LogP contribution in [0.2, 0.25) is 0 Å². The predicted molar refractivity (Wildman–Crippen MR) is 93.1 cm³/mol. The topological polar surface area (TPSA) is 86.2 Å². The summed E-state index contributed by atoms with van der Waals surface area (Å²) in [6.45, 7) is 1.82. The van der Waals surface area contributed by atoms with Gasteiger partial charge in [0.1, 0.15) is 17.6 Å². The van der Waals surface area contributed by atoms with Gasteiger partial charge >= 0.3 is 5.97 Å². The highest BCUT2D eigenvalue weighted by molar-refractivity contribution is 8.02. The molecule has 1 aromatic carbocycles. The highest BCUT2D eigenvalue weighted by Crippen LogP contribution is 2.41. The monoisotopic (exact) mass is 339 g/mol. The van der Waals surface area contributed by atoms with Crippen LogP contribution in [0.3, 0.4) is 0 Å². The van der Waals surface area contributed by atoms with Crippen molar-refractivity contribution >= 4 is 23.4 Å². The standard InChI is InChI=1S/C18H17N3O2S/c1-12-15(18(22)23-10-6-9-19)16(13-7-4-3-5-8-13)14(11-20)17(21-12)24-2/h3-5,7-8,15-16H,6,10H2,1-2H3/t15?,16-/m1/s1. The number of nitrogens with zero attached hydrogens (tertiary/aromatic N) is 3. The molecule has 0 radical (unpaired) electrons. The van der Waals surface area contributed by atoms with E-state index in [1.54, 1.807) is 6.92 Å². The van der Waals surface area contributed by atoms with E-state index >= 15 is 0 Å². The highest BCUT2D eigenvalue weighted by Gasteiger charge is 2.40. The van der Waals surface area contributed by atoms with Gasteiger partial charge in [0.25, 0.3) is 0 Å². The normalized spacial score (nSPS) is 19.9. The minimum absolute atomic E-state index is 0.0433. The zero-order valence-electron chi connectivity index (χ0n) is 13.5. The van der Waals surface area contributed by atoms with Gasteiger partial charge in [0, 0.05) is 11.6 Å². The summed E-state index contributed by atoms with van der Waals surface area (Å²) in [5.41, 5.74) is 1.97. The third-order valence-electron chi connectivity index (χ3n) is 3.79. The van der Waals surface area contributed by atoms with E-state index in [0.29, 0.717) is 16.3 Å². The van der Waals surface area contributed by atoms with Crippen LogP contribution < -0.4 is 0 Å². The fraction of sp³-hybridized carbons (Fsp3) is 0.333. The number of thioether (sulfide) groups is 1.